The quantitative estimate of drug-likeness (QED) is 0.407. The van der Waals surface area contributed by atoms with E-state index < -0.39 is 7.14 Å². The molecule has 0 bridgehead atoms. The second-order valence-electron chi connectivity index (χ2n) is 8.39. The van der Waals surface area contributed by atoms with E-state index in [1.165, 1.54) is 38.5 Å². The normalized spacial score (nSPS) is 19.2. The molecule has 28 heavy (non-hydrogen) atoms. The van der Waals surface area contributed by atoms with E-state index in [-0.39, 0.29) is 0 Å². The molecule has 2 aliphatic carbocycles. The lowest BCUT2D eigenvalue weighted by Crippen LogP contribution is -2.22. The predicted molar refractivity (Wildman–Crippen MR) is 119 cm³/mol. The van der Waals surface area contributed by atoms with Crippen LogP contribution in [0.2, 0.25) is 0 Å². The van der Waals surface area contributed by atoms with Crippen molar-refractivity contribution in [1.82, 2.24) is 0 Å². The maximum Gasteiger partial charge on any atom is 0.161 e. The van der Waals surface area contributed by atoms with Crippen LogP contribution in [0.1, 0.15) is 69.8 Å². The van der Waals surface area contributed by atoms with Gasteiger partial charge in [-0.05, 0) is 42.8 Å². The molecule has 2 fully saturated rings. The zero-order valence-electron chi connectivity index (χ0n) is 17.0. The number of methoxy groups -OCH3 is 1. The summed E-state index contributed by atoms with van der Waals surface area (Å²) in [6.07, 6.45) is 11.8. The van der Waals surface area contributed by atoms with E-state index in [1.807, 2.05) is 18.2 Å². The smallest absolute Gasteiger partial charge is 0.161 e. The van der Waals surface area contributed by atoms with Gasteiger partial charge in [0.15, 0.2) is 7.14 Å². The van der Waals surface area contributed by atoms with Crippen molar-refractivity contribution in [2.24, 2.45) is 0 Å². The molecule has 3 heteroatoms. The van der Waals surface area contributed by atoms with Gasteiger partial charge >= 0.3 is 0 Å². The van der Waals surface area contributed by atoms with E-state index in [4.69, 9.17) is 4.74 Å². The van der Waals surface area contributed by atoms with E-state index in [0.29, 0.717) is 11.3 Å². The number of ether oxygens (including phenoxy) is 1. The van der Waals surface area contributed by atoms with Gasteiger partial charge in [0, 0.05) is 16.7 Å². The molecule has 0 radical (unpaired) electrons. The second-order valence-corrected chi connectivity index (χ2v) is 11.5. The van der Waals surface area contributed by atoms with Crippen molar-refractivity contribution in [3.8, 4) is 17.3 Å². The first-order valence-electron chi connectivity index (χ1n) is 10.9. The van der Waals surface area contributed by atoms with E-state index in [2.05, 4.69) is 29.8 Å². The highest BCUT2D eigenvalue weighted by Crippen LogP contribution is 2.62. The Hall–Kier alpha value is -1.71. The summed E-state index contributed by atoms with van der Waals surface area (Å²) in [4.78, 5) is 0. The zero-order chi connectivity index (χ0) is 19.4. The van der Waals surface area contributed by atoms with Gasteiger partial charge in [-0.25, -0.2) is 0 Å². The van der Waals surface area contributed by atoms with Crippen LogP contribution in [0.5, 0.6) is 5.75 Å². The Morgan fingerprint density at radius 3 is 2.07 bits per heavy atom. The summed E-state index contributed by atoms with van der Waals surface area (Å²) in [5.41, 5.74) is 4.95. The van der Waals surface area contributed by atoms with Gasteiger partial charge in [-0.1, -0.05) is 74.8 Å². The van der Waals surface area contributed by atoms with Crippen LogP contribution in [0.15, 0.2) is 36.4 Å². The van der Waals surface area contributed by atoms with Crippen molar-refractivity contribution in [3.05, 3.63) is 42.0 Å². The third-order valence-corrected chi connectivity index (χ3v) is 10.4. The third-order valence-electron chi connectivity index (χ3n) is 6.70. The maximum absolute atomic E-state index is 14.4. The number of rotatable bonds is 3. The van der Waals surface area contributed by atoms with Gasteiger partial charge in [0.25, 0.3) is 0 Å². The highest BCUT2D eigenvalue weighted by Gasteiger charge is 2.40. The Balaban J connectivity index is 1.79. The molecule has 148 valence electrons. The molecule has 0 saturated heterocycles. The van der Waals surface area contributed by atoms with Crippen molar-refractivity contribution in [2.45, 2.75) is 75.5 Å². The Labute approximate surface area is 169 Å². The first kappa shape index (κ1) is 19.6. The maximum atomic E-state index is 14.4. The Morgan fingerprint density at radius 1 is 0.857 bits per heavy atom. The summed E-state index contributed by atoms with van der Waals surface area (Å²) in [6.45, 7) is 0. The second kappa shape index (κ2) is 8.75. The molecule has 0 heterocycles. The van der Waals surface area contributed by atoms with Crippen LogP contribution in [-0.4, -0.2) is 18.4 Å². The van der Waals surface area contributed by atoms with Crippen LogP contribution < -0.4 is 4.74 Å². The topological polar surface area (TPSA) is 26.3 Å². The minimum atomic E-state index is -2.56. The summed E-state index contributed by atoms with van der Waals surface area (Å²) in [5, 5.41) is 2.24. The van der Waals surface area contributed by atoms with Gasteiger partial charge in [-0.2, -0.15) is 0 Å². The minimum Gasteiger partial charge on any atom is -0.495 e. The van der Waals surface area contributed by atoms with E-state index in [9.17, 15) is 4.57 Å². The lowest BCUT2D eigenvalue weighted by molar-refractivity contribution is 0.414. The van der Waals surface area contributed by atoms with Crippen molar-refractivity contribution in [3.63, 3.8) is 0 Å². The fourth-order valence-corrected chi connectivity index (χ4v) is 8.62. The van der Waals surface area contributed by atoms with Gasteiger partial charge in [-0.15, -0.1) is 0 Å². The minimum absolute atomic E-state index is 0.304. The highest BCUT2D eigenvalue weighted by atomic mass is 31.2. The first-order chi connectivity index (χ1) is 13.7. The predicted octanol–water partition coefficient (Wildman–Crippen LogP) is 7.19. The Bertz CT molecular complexity index is 902. The fourth-order valence-electron chi connectivity index (χ4n) is 5.10. The van der Waals surface area contributed by atoms with Crippen LogP contribution in [0.25, 0.3) is 10.8 Å². The van der Waals surface area contributed by atoms with Crippen molar-refractivity contribution in [2.75, 3.05) is 7.11 Å². The van der Waals surface area contributed by atoms with Gasteiger partial charge in [0.05, 0.1) is 12.7 Å². The number of hydrogen-bond donors (Lipinski definition) is 0. The van der Waals surface area contributed by atoms with E-state index in [0.717, 1.165) is 47.8 Å². The van der Waals surface area contributed by atoms with Crippen LogP contribution in [0.3, 0.4) is 0 Å². The summed E-state index contributed by atoms with van der Waals surface area (Å²) in [5.74, 6) is 4.19. The average molecular weight is 394 g/mol. The molecule has 2 aromatic rings. The van der Waals surface area contributed by atoms with E-state index in [1.54, 1.807) is 7.11 Å². The molecule has 0 spiro atoms. The van der Waals surface area contributed by atoms with Gasteiger partial charge in [0.2, 0.25) is 0 Å². The molecule has 0 N–H and O–H groups in total. The van der Waals surface area contributed by atoms with Gasteiger partial charge in [-0.3, -0.25) is 0 Å². The lowest BCUT2D eigenvalue weighted by Gasteiger charge is -2.34. The summed E-state index contributed by atoms with van der Waals surface area (Å²) in [7, 11) is -0.869. The molecule has 0 atom stereocenters. The van der Waals surface area contributed by atoms with Crippen LogP contribution in [-0.2, 0) is 4.57 Å². The molecule has 2 aliphatic rings. The first-order valence-corrected chi connectivity index (χ1v) is 12.8. The van der Waals surface area contributed by atoms with Crippen molar-refractivity contribution in [1.29, 1.82) is 0 Å². The van der Waals surface area contributed by atoms with Crippen LogP contribution in [0, 0.1) is 11.6 Å². The zero-order valence-corrected chi connectivity index (χ0v) is 17.8. The number of fused-ring (bicyclic) bond motifs is 1. The molecule has 4 rings (SSSR count). The Kier molecular flexibility index (Phi) is 6.13. The molecule has 0 aliphatic heterocycles. The molecule has 0 aromatic heterocycles. The van der Waals surface area contributed by atoms with Gasteiger partial charge < -0.3 is 9.30 Å². The fraction of sp³-hybridized carbons (Fsp3) is 0.520. The molecular formula is C25H31O2P. The molecular weight excluding hydrogens is 363 g/mol. The summed E-state index contributed by atoms with van der Waals surface area (Å²) in [6, 6.07) is 12.3. The number of hydrogen-bond acceptors (Lipinski definition) is 2. The molecule has 0 amide bonds. The van der Waals surface area contributed by atoms with E-state index >= 15 is 0 Å². The monoisotopic (exact) mass is 394 g/mol. The standard InChI is InChI=1S/C25H31O2P/c1-27-25-17-16-20-10-8-9-15-23(20)24(25)18-19-28(26,21-11-4-2-5-12-21)22-13-6-3-7-14-22/h8-10,15-17,21-22H,2-7,11-14H2,1H3. The van der Waals surface area contributed by atoms with Crippen molar-refractivity contribution >= 4 is 17.9 Å². The molecule has 2 aromatic carbocycles. The SMILES string of the molecule is COc1ccc2ccccc2c1C#CP(=O)(C1CCCCC1)C1CCCCC1. The summed E-state index contributed by atoms with van der Waals surface area (Å²) >= 11 is 0. The lowest BCUT2D eigenvalue weighted by atomic mass is 9.99. The highest BCUT2D eigenvalue weighted by molar-refractivity contribution is 7.70. The summed E-state index contributed by atoms with van der Waals surface area (Å²) < 4.78 is 20.0. The third kappa shape index (κ3) is 3.88. The largest absolute Gasteiger partial charge is 0.495 e. The Morgan fingerprint density at radius 2 is 1.46 bits per heavy atom. The van der Waals surface area contributed by atoms with Crippen molar-refractivity contribution < 1.29 is 9.30 Å². The van der Waals surface area contributed by atoms with Crippen LogP contribution >= 0.6 is 7.14 Å². The van der Waals surface area contributed by atoms with Crippen LogP contribution in [0.4, 0.5) is 0 Å². The molecule has 2 nitrogen and oxygen atoms in total. The molecule has 2 saturated carbocycles. The number of benzene rings is 2. The van der Waals surface area contributed by atoms with Gasteiger partial charge in [0.1, 0.15) is 5.75 Å². The average Bonchev–Trinajstić information content (AvgIpc) is 2.78. The molecule has 0 unspecified atom stereocenters.